The van der Waals surface area contributed by atoms with Crippen molar-refractivity contribution in [1.82, 2.24) is 9.97 Å². The zero-order chi connectivity index (χ0) is 19.9. The Morgan fingerprint density at radius 2 is 1.75 bits per heavy atom. The molecule has 1 aliphatic rings. The van der Waals surface area contributed by atoms with Crippen molar-refractivity contribution in [3.05, 3.63) is 47.8 Å². The molecule has 1 aromatic carbocycles. The molecule has 0 amide bonds. The Morgan fingerprint density at radius 3 is 2.43 bits per heavy atom. The van der Waals surface area contributed by atoms with Crippen LogP contribution in [-0.4, -0.2) is 30.0 Å². The number of hydrogen-bond acceptors (Lipinski definition) is 6. The van der Waals surface area contributed by atoms with Gasteiger partial charge < -0.3 is 9.47 Å². The van der Waals surface area contributed by atoms with Crippen molar-refractivity contribution in [3.63, 3.8) is 0 Å². The average molecular weight is 394 g/mol. The highest BCUT2D eigenvalue weighted by Crippen LogP contribution is 2.38. The van der Waals surface area contributed by atoms with Gasteiger partial charge in [-0.25, -0.2) is 9.97 Å². The molecule has 0 unspecified atom stereocenters. The van der Waals surface area contributed by atoms with E-state index in [4.69, 9.17) is 14.5 Å². The molecule has 3 aromatic rings. The summed E-state index contributed by atoms with van der Waals surface area (Å²) >= 11 is 1.56. The zero-order valence-corrected chi connectivity index (χ0v) is 17.2. The lowest BCUT2D eigenvalue weighted by Gasteiger charge is -2.29. The molecule has 4 rings (SSSR count). The maximum Gasteiger partial charge on any atom is 0.165 e. The average Bonchev–Trinajstić information content (AvgIpc) is 3.16. The number of nitrogens with zero attached hydrogens (tertiary/aromatic N) is 2. The van der Waals surface area contributed by atoms with Crippen molar-refractivity contribution in [2.75, 3.05) is 14.2 Å². The van der Waals surface area contributed by atoms with Crippen molar-refractivity contribution in [3.8, 4) is 32.6 Å². The van der Waals surface area contributed by atoms with Crippen LogP contribution in [0.4, 0.5) is 0 Å². The fourth-order valence-electron chi connectivity index (χ4n) is 3.53. The van der Waals surface area contributed by atoms with E-state index in [1.165, 1.54) is 0 Å². The number of ketones is 1. The minimum atomic E-state index is -0.0547. The van der Waals surface area contributed by atoms with Crippen LogP contribution < -0.4 is 9.47 Å². The number of ether oxygens (including phenoxy) is 2. The van der Waals surface area contributed by atoms with Gasteiger partial charge in [0.2, 0.25) is 0 Å². The predicted octanol–water partition coefficient (Wildman–Crippen LogP) is 5.04. The van der Waals surface area contributed by atoms with Crippen LogP contribution >= 0.6 is 11.3 Å². The van der Waals surface area contributed by atoms with Crippen LogP contribution in [0.25, 0.3) is 21.1 Å². The molecule has 0 atom stereocenters. The third-order valence-corrected chi connectivity index (χ3v) is 5.99. The van der Waals surface area contributed by atoms with Gasteiger partial charge in [-0.1, -0.05) is 13.8 Å². The molecule has 0 N–H and O–H groups in total. The first-order chi connectivity index (χ1) is 13.4. The second kappa shape index (κ2) is 7.02. The highest BCUT2D eigenvalue weighted by atomic mass is 32.1. The Kier molecular flexibility index (Phi) is 4.67. The minimum absolute atomic E-state index is 0.0547. The molecule has 0 saturated heterocycles. The molecule has 0 saturated carbocycles. The fourth-order valence-corrected chi connectivity index (χ4v) is 4.40. The van der Waals surface area contributed by atoms with Gasteiger partial charge in [0, 0.05) is 29.8 Å². The van der Waals surface area contributed by atoms with Crippen LogP contribution in [-0.2, 0) is 6.42 Å². The summed E-state index contributed by atoms with van der Waals surface area (Å²) in [7, 11) is 3.27. The van der Waals surface area contributed by atoms with Gasteiger partial charge in [0.25, 0.3) is 0 Å². The quantitative estimate of drug-likeness (QED) is 0.620. The summed E-state index contributed by atoms with van der Waals surface area (Å²) in [5.74, 6) is 1.64. The summed E-state index contributed by atoms with van der Waals surface area (Å²) in [5.41, 5.74) is 3.35. The number of carbonyl (C=O) groups is 1. The van der Waals surface area contributed by atoms with Crippen LogP contribution in [0.2, 0.25) is 0 Å². The van der Waals surface area contributed by atoms with Gasteiger partial charge in [-0.15, -0.1) is 11.3 Å². The third kappa shape index (κ3) is 3.52. The number of pyridine rings is 1. The number of methoxy groups -OCH3 is 2. The Hall–Kier alpha value is -2.73. The van der Waals surface area contributed by atoms with Crippen molar-refractivity contribution in [1.29, 1.82) is 0 Å². The standard InChI is InChI=1S/C22H22N2O3S/c1-22(2)10-18-16(19(25)11-22)5-6-17(24-18)21-23-12-20(28-21)13-7-14(26-3)9-15(8-13)27-4/h5-9,12H,10-11H2,1-4H3. The van der Waals surface area contributed by atoms with Crippen LogP contribution in [0, 0.1) is 5.41 Å². The van der Waals surface area contributed by atoms with Crippen molar-refractivity contribution in [2.45, 2.75) is 26.7 Å². The lowest BCUT2D eigenvalue weighted by Crippen LogP contribution is -2.27. The van der Waals surface area contributed by atoms with Gasteiger partial charge in [0.1, 0.15) is 16.5 Å². The molecule has 0 fully saturated rings. The predicted molar refractivity (Wildman–Crippen MR) is 110 cm³/mol. The molecular formula is C22H22N2O3S. The van der Waals surface area contributed by atoms with E-state index in [0.29, 0.717) is 6.42 Å². The SMILES string of the molecule is COc1cc(OC)cc(-c2cnc(-c3ccc4c(n3)CC(C)(C)CC4=O)s2)c1. The highest BCUT2D eigenvalue weighted by molar-refractivity contribution is 7.18. The topological polar surface area (TPSA) is 61.3 Å². The summed E-state index contributed by atoms with van der Waals surface area (Å²) < 4.78 is 10.7. The van der Waals surface area contributed by atoms with E-state index in [9.17, 15) is 4.79 Å². The number of aromatic nitrogens is 2. The van der Waals surface area contributed by atoms with E-state index in [-0.39, 0.29) is 11.2 Å². The summed E-state index contributed by atoms with van der Waals surface area (Å²) in [6, 6.07) is 9.55. The first-order valence-electron chi connectivity index (χ1n) is 9.11. The fraction of sp³-hybridized carbons (Fsp3) is 0.318. The van der Waals surface area contributed by atoms with Gasteiger partial charge in [-0.2, -0.15) is 0 Å². The molecule has 0 bridgehead atoms. The van der Waals surface area contributed by atoms with E-state index in [2.05, 4.69) is 18.8 Å². The van der Waals surface area contributed by atoms with Crippen molar-refractivity contribution >= 4 is 17.1 Å². The van der Waals surface area contributed by atoms with E-state index >= 15 is 0 Å². The normalized spacial score (nSPS) is 15.2. The lowest BCUT2D eigenvalue weighted by atomic mass is 9.75. The highest BCUT2D eigenvalue weighted by Gasteiger charge is 2.32. The van der Waals surface area contributed by atoms with Gasteiger partial charge in [-0.3, -0.25) is 4.79 Å². The number of Topliss-reactive ketones (excluding diaryl/α,β-unsaturated/α-hetero) is 1. The first kappa shape index (κ1) is 18.6. The summed E-state index contributed by atoms with van der Waals surface area (Å²) in [5, 5.41) is 0.829. The maximum absolute atomic E-state index is 12.4. The Bertz CT molecular complexity index is 1030. The molecule has 6 heteroatoms. The van der Waals surface area contributed by atoms with Crippen molar-refractivity contribution in [2.24, 2.45) is 5.41 Å². The van der Waals surface area contributed by atoms with E-state index in [1.807, 2.05) is 36.5 Å². The van der Waals surface area contributed by atoms with E-state index in [1.54, 1.807) is 25.6 Å². The second-order valence-corrected chi connectivity index (χ2v) is 8.79. The van der Waals surface area contributed by atoms with Gasteiger partial charge in [-0.05, 0) is 36.1 Å². The van der Waals surface area contributed by atoms with E-state index in [0.717, 1.165) is 50.3 Å². The second-order valence-electron chi connectivity index (χ2n) is 7.76. The molecule has 2 aromatic heterocycles. The number of fused-ring (bicyclic) bond motifs is 1. The maximum atomic E-state index is 12.4. The molecule has 0 aliphatic heterocycles. The Morgan fingerprint density at radius 1 is 1.04 bits per heavy atom. The molecule has 1 aliphatic carbocycles. The number of rotatable bonds is 4. The van der Waals surface area contributed by atoms with Gasteiger partial charge in [0.05, 0.1) is 30.5 Å². The molecule has 144 valence electrons. The Labute approximate surface area is 168 Å². The van der Waals surface area contributed by atoms with Gasteiger partial charge in [0.15, 0.2) is 5.78 Å². The number of carbonyl (C=O) groups excluding carboxylic acids is 1. The zero-order valence-electron chi connectivity index (χ0n) is 16.4. The third-order valence-electron chi connectivity index (χ3n) is 4.92. The summed E-state index contributed by atoms with van der Waals surface area (Å²) in [6.45, 7) is 4.22. The molecule has 0 radical (unpaired) electrons. The van der Waals surface area contributed by atoms with Crippen molar-refractivity contribution < 1.29 is 14.3 Å². The number of thiazole rings is 1. The monoisotopic (exact) mass is 394 g/mol. The van der Waals surface area contributed by atoms with E-state index < -0.39 is 0 Å². The summed E-state index contributed by atoms with van der Waals surface area (Å²) in [6.07, 6.45) is 3.21. The molecule has 2 heterocycles. The van der Waals surface area contributed by atoms with Crippen LogP contribution in [0.1, 0.15) is 36.3 Å². The lowest BCUT2D eigenvalue weighted by molar-refractivity contribution is 0.0910. The smallest absolute Gasteiger partial charge is 0.165 e. The molecule has 0 spiro atoms. The van der Waals surface area contributed by atoms with Crippen LogP contribution in [0.3, 0.4) is 0 Å². The van der Waals surface area contributed by atoms with Gasteiger partial charge >= 0.3 is 0 Å². The summed E-state index contributed by atoms with van der Waals surface area (Å²) in [4.78, 5) is 22.7. The van der Waals surface area contributed by atoms with Crippen LogP contribution in [0.15, 0.2) is 36.5 Å². The number of hydrogen-bond donors (Lipinski definition) is 0. The van der Waals surface area contributed by atoms with Crippen LogP contribution in [0.5, 0.6) is 11.5 Å². The molecular weight excluding hydrogens is 372 g/mol. The Balaban J connectivity index is 1.70. The largest absolute Gasteiger partial charge is 0.497 e. The molecule has 28 heavy (non-hydrogen) atoms. The molecule has 5 nitrogen and oxygen atoms in total. The first-order valence-corrected chi connectivity index (χ1v) is 9.93. The minimum Gasteiger partial charge on any atom is -0.497 e. The number of benzene rings is 1.